The van der Waals surface area contributed by atoms with Crippen LogP contribution in [0.2, 0.25) is 10.0 Å². The van der Waals surface area contributed by atoms with Crippen molar-refractivity contribution < 1.29 is 19.2 Å². The topological polar surface area (TPSA) is 84.8 Å². The highest BCUT2D eigenvalue weighted by Gasteiger charge is 2.17. The zero-order valence-electron chi connectivity index (χ0n) is 13.6. The third-order valence-corrected chi connectivity index (χ3v) is 4.47. The Balaban J connectivity index is 2.24. The van der Waals surface area contributed by atoms with Gasteiger partial charge in [0.2, 0.25) is 0 Å². The van der Waals surface area contributed by atoms with Gasteiger partial charge in [0.15, 0.2) is 11.6 Å². The minimum Gasteiger partial charge on any atom is -0.595 e. The van der Waals surface area contributed by atoms with Gasteiger partial charge in [0.1, 0.15) is 15.7 Å². The minimum atomic E-state index is -0.771. The molecule has 0 aliphatic rings. The van der Waals surface area contributed by atoms with Crippen molar-refractivity contribution in [1.82, 2.24) is 5.16 Å². The third-order valence-electron chi connectivity index (χ3n) is 3.34. The molecule has 0 saturated heterocycles. The second-order valence-corrected chi connectivity index (χ2v) is 5.93. The van der Waals surface area contributed by atoms with Crippen LogP contribution in [-0.4, -0.2) is 15.8 Å². The first kappa shape index (κ1) is 18.1. The van der Waals surface area contributed by atoms with E-state index in [0.717, 1.165) is 16.7 Å². The molecule has 0 N–H and O–H groups in total. The summed E-state index contributed by atoms with van der Waals surface area (Å²) in [5.41, 5.74) is 3.44. The van der Waals surface area contributed by atoms with Crippen LogP contribution < -0.4 is 5.11 Å². The van der Waals surface area contributed by atoms with E-state index in [1.165, 1.54) is 0 Å². The zero-order chi connectivity index (χ0) is 17.9. The minimum absolute atomic E-state index is 0.0531. The van der Waals surface area contributed by atoms with Gasteiger partial charge in [0.05, 0.1) is 22.3 Å². The van der Waals surface area contributed by atoms with Crippen LogP contribution in [0.1, 0.15) is 28.1 Å². The van der Waals surface area contributed by atoms with Crippen molar-refractivity contribution >= 4 is 34.8 Å². The van der Waals surface area contributed by atoms with Gasteiger partial charge < -0.3 is 14.4 Å². The average Bonchev–Trinajstić information content (AvgIpc) is 2.98. The number of hydrogen-bond donors (Lipinski definition) is 0. The number of halogens is 2. The summed E-state index contributed by atoms with van der Waals surface area (Å²) in [4.78, 5) is 3.63. The molecule has 0 unspecified atom stereocenters. The Morgan fingerprint density at radius 1 is 1.25 bits per heavy atom. The van der Waals surface area contributed by atoms with Gasteiger partial charge in [0, 0.05) is 17.2 Å². The maximum Gasteiger partial charge on any atom is 0.376 e. The first-order valence-corrected chi connectivity index (χ1v) is 7.77. The van der Waals surface area contributed by atoms with E-state index in [4.69, 9.17) is 32.5 Å². The van der Waals surface area contributed by atoms with Gasteiger partial charge in [-0.25, -0.2) is 0 Å². The molecule has 8 heteroatoms. The monoisotopic (exact) mass is 367 g/mol. The predicted molar refractivity (Wildman–Crippen MR) is 87.6 cm³/mol. The Bertz CT molecular complexity index is 848. The Morgan fingerprint density at radius 2 is 1.88 bits per heavy atom. The molecule has 6 nitrogen and oxygen atoms in total. The molecule has 0 amide bonds. The normalized spacial score (nSPS) is 10.1. The molecular weight excluding hydrogens is 353 g/mol. The number of ether oxygens (including phenoxy) is 1. The van der Waals surface area contributed by atoms with Gasteiger partial charge in [-0.3, -0.25) is 0 Å². The fourth-order valence-electron chi connectivity index (χ4n) is 2.07. The van der Waals surface area contributed by atoms with Crippen LogP contribution in [-0.2, 0) is 11.3 Å². The smallest absolute Gasteiger partial charge is 0.376 e. The molecule has 2 aromatic rings. The summed E-state index contributed by atoms with van der Waals surface area (Å²) in [7, 11) is 0. The van der Waals surface area contributed by atoms with Crippen LogP contribution in [0.15, 0.2) is 21.6 Å². The predicted octanol–water partition coefficient (Wildman–Crippen LogP) is 3.60. The van der Waals surface area contributed by atoms with Gasteiger partial charge >= 0.3 is 5.87 Å². The second-order valence-electron chi connectivity index (χ2n) is 5.17. The fraction of sp³-hybridized carbons (Fsp3) is 0.312. The van der Waals surface area contributed by atoms with E-state index < -0.39 is 5.95 Å². The Labute approximate surface area is 149 Å². The molecule has 1 aromatic carbocycles. The van der Waals surface area contributed by atoms with Crippen molar-refractivity contribution in [2.24, 2.45) is 5.11 Å². The molecule has 0 atom stereocenters. The molecule has 1 heterocycles. The standard InChI is InChI=1S/C16H15Cl2N3O3/c1-8-5-12(24-21-8)7-23-13(22)6-19-20-16-10(3)14(17)9(2)15(18)11(16)4/h5H,7H2,1-4H3. The SMILES string of the molecule is Cc1cc(COC([O-])=C=[N+]=Nc2c(C)c(Cl)c(C)c(Cl)c2C)on1. The second kappa shape index (κ2) is 7.56. The molecule has 0 aliphatic heterocycles. The van der Waals surface area contributed by atoms with E-state index in [0.29, 0.717) is 27.2 Å². The van der Waals surface area contributed by atoms with Crippen molar-refractivity contribution in [2.75, 3.05) is 0 Å². The summed E-state index contributed by atoms with van der Waals surface area (Å²) in [5.74, 6) is 1.83. The van der Waals surface area contributed by atoms with E-state index in [-0.39, 0.29) is 6.61 Å². The van der Waals surface area contributed by atoms with Crippen LogP contribution in [0, 0.1) is 27.7 Å². The number of nitrogens with zero attached hydrogens (tertiary/aromatic N) is 3. The Hall–Kier alpha value is -2.23. The summed E-state index contributed by atoms with van der Waals surface area (Å²) >= 11 is 12.4. The highest BCUT2D eigenvalue weighted by molar-refractivity contribution is 6.37. The molecule has 1 aromatic heterocycles. The van der Waals surface area contributed by atoms with Crippen LogP contribution in [0.3, 0.4) is 0 Å². The van der Waals surface area contributed by atoms with E-state index in [9.17, 15) is 5.11 Å². The summed E-state index contributed by atoms with van der Waals surface area (Å²) < 4.78 is 9.84. The molecule has 0 radical (unpaired) electrons. The highest BCUT2D eigenvalue weighted by atomic mass is 35.5. The van der Waals surface area contributed by atoms with Gasteiger partial charge in [-0.1, -0.05) is 28.4 Å². The lowest BCUT2D eigenvalue weighted by atomic mass is 10.1. The molecule has 126 valence electrons. The van der Waals surface area contributed by atoms with E-state index in [1.54, 1.807) is 26.8 Å². The largest absolute Gasteiger partial charge is 0.595 e. The van der Waals surface area contributed by atoms with Crippen LogP contribution in [0.25, 0.3) is 0 Å². The molecule has 0 fully saturated rings. The first-order valence-electron chi connectivity index (χ1n) is 7.01. The van der Waals surface area contributed by atoms with E-state index in [1.807, 2.05) is 6.92 Å². The zero-order valence-corrected chi connectivity index (χ0v) is 15.1. The Kier molecular flexibility index (Phi) is 5.71. The number of rotatable bonds is 4. The van der Waals surface area contributed by atoms with Crippen LogP contribution in [0.4, 0.5) is 5.69 Å². The van der Waals surface area contributed by atoms with Gasteiger partial charge in [-0.2, -0.15) is 0 Å². The maximum atomic E-state index is 11.6. The molecule has 2 rings (SSSR count). The lowest BCUT2D eigenvalue weighted by molar-refractivity contribution is -0.357. The fourth-order valence-corrected chi connectivity index (χ4v) is 2.48. The molecule has 0 bridgehead atoms. The summed E-state index contributed by atoms with van der Waals surface area (Å²) in [6, 6.07) is 1.66. The number of benzene rings is 1. The molecule has 0 saturated carbocycles. The van der Waals surface area contributed by atoms with E-state index in [2.05, 4.69) is 20.9 Å². The van der Waals surface area contributed by atoms with Crippen LogP contribution in [0.5, 0.6) is 0 Å². The van der Waals surface area contributed by atoms with Crippen molar-refractivity contribution in [2.45, 2.75) is 34.3 Å². The lowest BCUT2D eigenvalue weighted by Crippen LogP contribution is -2.08. The highest BCUT2D eigenvalue weighted by Crippen LogP contribution is 2.38. The summed E-state index contributed by atoms with van der Waals surface area (Å²) in [6.07, 6.45) is 0. The maximum absolute atomic E-state index is 11.6. The van der Waals surface area contributed by atoms with Crippen molar-refractivity contribution in [3.05, 3.63) is 50.2 Å². The van der Waals surface area contributed by atoms with Crippen molar-refractivity contribution in [3.8, 4) is 0 Å². The molecule has 0 spiro atoms. The van der Waals surface area contributed by atoms with Gasteiger partial charge in [0.25, 0.3) is 0 Å². The van der Waals surface area contributed by atoms with Gasteiger partial charge in [-0.15, -0.1) is 0 Å². The lowest BCUT2D eigenvalue weighted by Gasteiger charge is -2.09. The molecule has 0 aliphatic carbocycles. The summed E-state index contributed by atoms with van der Waals surface area (Å²) in [6.45, 7) is 7.15. The first-order chi connectivity index (χ1) is 11.3. The third kappa shape index (κ3) is 3.99. The molecular formula is C16H15Cl2N3O3. The number of hydrogen-bond acceptors (Lipinski definition) is 5. The quantitative estimate of drug-likeness (QED) is 0.357. The summed E-state index contributed by atoms with van der Waals surface area (Å²) in [5, 5.41) is 20.3. The molecule has 24 heavy (non-hydrogen) atoms. The van der Waals surface area contributed by atoms with Crippen molar-refractivity contribution in [1.29, 1.82) is 0 Å². The van der Waals surface area contributed by atoms with Crippen LogP contribution >= 0.6 is 23.2 Å². The van der Waals surface area contributed by atoms with Gasteiger partial charge in [-0.05, 0) is 33.3 Å². The number of aryl methyl sites for hydroxylation is 1. The van der Waals surface area contributed by atoms with E-state index >= 15 is 0 Å². The Morgan fingerprint density at radius 3 is 2.42 bits per heavy atom. The number of aromatic nitrogens is 1. The van der Waals surface area contributed by atoms with Crippen molar-refractivity contribution in [3.63, 3.8) is 0 Å². The average molecular weight is 368 g/mol.